The second kappa shape index (κ2) is 12.8. The lowest BCUT2D eigenvalue weighted by atomic mass is 9.67. The lowest BCUT2D eigenvalue weighted by molar-refractivity contribution is 0.0842. The van der Waals surface area contributed by atoms with Crippen LogP contribution >= 0.6 is 0 Å². The molecule has 1 aliphatic heterocycles. The van der Waals surface area contributed by atoms with Crippen molar-refractivity contribution < 1.29 is 4.94 Å². The summed E-state index contributed by atoms with van der Waals surface area (Å²) in [7, 11) is 0. The van der Waals surface area contributed by atoms with Gasteiger partial charge in [-0.25, -0.2) is 10.0 Å². The van der Waals surface area contributed by atoms with Crippen molar-refractivity contribution in [2.45, 2.75) is 38.6 Å². The van der Waals surface area contributed by atoms with Crippen molar-refractivity contribution in [3.05, 3.63) is 210 Å². The van der Waals surface area contributed by atoms with Gasteiger partial charge in [-0.3, -0.25) is 4.57 Å². The number of aromatic nitrogens is 2. The van der Waals surface area contributed by atoms with Gasteiger partial charge in [0.15, 0.2) is 0 Å². The van der Waals surface area contributed by atoms with Gasteiger partial charge >= 0.3 is 0 Å². The van der Waals surface area contributed by atoms with E-state index in [1.807, 2.05) is 16.3 Å². The van der Waals surface area contributed by atoms with E-state index in [1.54, 1.807) is 0 Å². The van der Waals surface area contributed by atoms with Crippen LogP contribution in [0.1, 0.15) is 48.6 Å². The number of rotatable bonds is 5. The van der Waals surface area contributed by atoms with Crippen molar-refractivity contribution in [1.82, 2.24) is 9.55 Å². The molecule has 5 heteroatoms. The molecular formula is C53H42N4O. The number of para-hydroxylation sites is 3. The van der Waals surface area contributed by atoms with Gasteiger partial charge in [-0.05, 0) is 126 Å². The highest BCUT2D eigenvalue weighted by molar-refractivity contribution is 6.09. The summed E-state index contributed by atoms with van der Waals surface area (Å²) in [4.78, 5) is 11.8. The summed E-state index contributed by atoms with van der Waals surface area (Å²) in [6.45, 7) is 8.70. The first kappa shape index (κ1) is 34.3. The summed E-state index contributed by atoms with van der Waals surface area (Å²) in [5, 5.41) is 6.39. The summed E-state index contributed by atoms with van der Waals surface area (Å²) in [5.41, 5.74) is 15.3. The minimum atomic E-state index is -0.641. The molecule has 0 amide bonds. The third-order valence-electron chi connectivity index (χ3n) is 12.1. The molecule has 0 atom stereocenters. The van der Waals surface area contributed by atoms with Crippen LogP contribution in [0.4, 0.5) is 17.1 Å². The SMILES string of the molecule is Cc1ccccc1-c1ccnc(-n2c3ccccc3c3ccc(C4(c5cccc(N6ON(C(C)(C)C)c7ccccc76)c5)c5ccccc5-c5ccccc54)cc32)c1. The van der Waals surface area contributed by atoms with Crippen LogP contribution in [-0.4, -0.2) is 15.1 Å². The number of aryl methyl sites for hydroxylation is 1. The molecular weight excluding hydrogens is 709 g/mol. The van der Waals surface area contributed by atoms with E-state index < -0.39 is 5.41 Å². The second-order valence-electron chi connectivity index (χ2n) is 16.5. The number of nitrogens with zero attached hydrogens (tertiary/aromatic N) is 4. The Balaban J connectivity index is 1.17. The lowest BCUT2D eigenvalue weighted by Crippen LogP contribution is -2.41. The fraction of sp³-hybridized carbons (Fsp3) is 0.113. The number of pyridine rings is 1. The maximum absolute atomic E-state index is 6.74. The molecule has 1 aliphatic carbocycles. The zero-order valence-corrected chi connectivity index (χ0v) is 33.0. The Labute approximate surface area is 338 Å². The zero-order valence-electron chi connectivity index (χ0n) is 33.0. The van der Waals surface area contributed by atoms with Gasteiger partial charge in [-0.2, -0.15) is 5.06 Å². The van der Waals surface area contributed by atoms with Crippen molar-refractivity contribution in [2.75, 3.05) is 10.1 Å². The Kier molecular flexibility index (Phi) is 7.56. The van der Waals surface area contributed by atoms with Crippen molar-refractivity contribution in [1.29, 1.82) is 0 Å². The molecule has 0 N–H and O–H groups in total. The summed E-state index contributed by atoms with van der Waals surface area (Å²) < 4.78 is 2.35. The maximum atomic E-state index is 6.74. The van der Waals surface area contributed by atoms with Crippen molar-refractivity contribution >= 4 is 38.9 Å². The monoisotopic (exact) mass is 750 g/mol. The van der Waals surface area contributed by atoms with Gasteiger partial charge in [0.25, 0.3) is 0 Å². The van der Waals surface area contributed by atoms with Gasteiger partial charge in [0.2, 0.25) is 0 Å². The zero-order chi connectivity index (χ0) is 39.2. The number of benzene rings is 7. The molecule has 0 unspecified atom stereocenters. The molecule has 0 bridgehead atoms. The number of hydrogen-bond acceptors (Lipinski definition) is 4. The Morgan fingerprint density at radius 2 is 1.17 bits per heavy atom. The molecule has 0 radical (unpaired) electrons. The first-order valence-electron chi connectivity index (χ1n) is 20.1. The van der Waals surface area contributed by atoms with Crippen molar-refractivity contribution in [3.8, 4) is 28.1 Å². The fourth-order valence-corrected chi connectivity index (χ4v) is 9.59. The third-order valence-corrected chi connectivity index (χ3v) is 12.1. The summed E-state index contributed by atoms with van der Waals surface area (Å²) in [6, 6.07) is 64.0. The first-order valence-corrected chi connectivity index (χ1v) is 20.1. The first-order chi connectivity index (χ1) is 28.3. The Bertz CT molecular complexity index is 3030. The summed E-state index contributed by atoms with van der Waals surface area (Å²) in [6.07, 6.45) is 1.94. The number of hydroxylamine groups is 1. The van der Waals surface area contributed by atoms with E-state index in [2.05, 4.69) is 208 Å². The molecule has 280 valence electrons. The second-order valence-corrected chi connectivity index (χ2v) is 16.5. The van der Waals surface area contributed by atoms with Gasteiger partial charge in [0, 0.05) is 17.0 Å². The Hall–Kier alpha value is -6.95. The molecule has 7 aromatic carbocycles. The van der Waals surface area contributed by atoms with E-state index in [-0.39, 0.29) is 5.54 Å². The van der Waals surface area contributed by atoms with Gasteiger partial charge in [-0.1, -0.05) is 127 Å². The van der Waals surface area contributed by atoms with E-state index in [1.165, 1.54) is 55.3 Å². The van der Waals surface area contributed by atoms with Gasteiger partial charge in [-0.15, -0.1) is 4.94 Å². The molecule has 0 saturated heterocycles. The van der Waals surface area contributed by atoms with Gasteiger partial charge in [0.05, 0.1) is 39.0 Å². The third kappa shape index (κ3) is 4.96. The summed E-state index contributed by atoms with van der Waals surface area (Å²) >= 11 is 0. The smallest absolute Gasteiger partial charge is 0.138 e. The standard InChI is InChI=1S/C53H42N4O/c1-35-16-5-6-19-40(35)36-30-31-54-51(32-36)55-47-25-12-9-22-43(47)44-29-28-38(34-50(44)55)53(45-23-10-7-20-41(45)42-21-8-11-24-46(42)53)37-17-15-18-39(33-37)56-48-26-13-14-27-49(48)57(58-56)52(2,3)4/h5-34H,1-4H3. The molecule has 58 heavy (non-hydrogen) atoms. The Morgan fingerprint density at radius 1 is 0.534 bits per heavy atom. The predicted molar refractivity (Wildman–Crippen MR) is 238 cm³/mol. The van der Waals surface area contributed by atoms with E-state index in [0.29, 0.717) is 0 Å². The molecule has 11 rings (SSSR count). The van der Waals surface area contributed by atoms with E-state index in [4.69, 9.17) is 9.92 Å². The molecule has 3 heterocycles. The maximum Gasteiger partial charge on any atom is 0.138 e. The number of anilines is 3. The van der Waals surface area contributed by atoms with Crippen LogP contribution in [0.15, 0.2) is 182 Å². The van der Waals surface area contributed by atoms with Gasteiger partial charge < -0.3 is 0 Å². The predicted octanol–water partition coefficient (Wildman–Crippen LogP) is 13.1. The van der Waals surface area contributed by atoms with Crippen LogP contribution in [0.2, 0.25) is 0 Å². The minimum Gasteiger partial charge on any atom is -0.294 e. The number of fused-ring (bicyclic) bond motifs is 7. The van der Waals surface area contributed by atoms with E-state index >= 15 is 0 Å². The highest BCUT2D eigenvalue weighted by Gasteiger charge is 2.47. The van der Waals surface area contributed by atoms with Crippen molar-refractivity contribution in [3.63, 3.8) is 0 Å². The van der Waals surface area contributed by atoms with Crippen LogP contribution in [-0.2, 0) is 10.4 Å². The van der Waals surface area contributed by atoms with Crippen LogP contribution in [0.25, 0.3) is 49.9 Å². The fourth-order valence-electron chi connectivity index (χ4n) is 9.59. The molecule has 0 fully saturated rings. The van der Waals surface area contributed by atoms with Crippen LogP contribution in [0, 0.1) is 6.92 Å². The van der Waals surface area contributed by atoms with Crippen LogP contribution < -0.4 is 10.1 Å². The molecule has 5 nitrogen and oxygen atoms in total. The highest BCUT2D eigenvalue weighted by atomic mass is 16.8. The average molecular weight is 751 g/mol. The van der Waals surface area contributed by atoms with E-state index in [0.717, 1.165) is 39.5 Å². The molecule has 9 aromatic rings. The van der Waals surface area contributed by atoms with Crippen molar-refractivity contribution in [2.24, 2.45) is 0 Å². The lowest BCUT2D eigenvalue weighted by Gasteiger charge is -2.35. The topological polar surface area (TPSA) is 33.5 Å². The van der Waals surface area contributed by atoms with Crippen LogP contribution in [0.5, 0.6) is 0 Å². The molecule has 2 aliphatic rings. The normalized spacial score (nSPS) is 14.2. The molecule has 0 spiro atoms. The average Bonchev–Trinajstić information content (AvgIpc) is 3.91. The largest absolute Gasteiger partial charge is 0.294 e. The number of hydrogen-bond donors (Lipinski definition) is 0. The molecule has 0 saturated carbocycles. The van der Waals surface area contributed by atoms with E-state index in [9.17, 15) is 0 Å². The Morgan fingerprint density at radius 3 is 1.93 bits per heavy atom. The van der Waals surface area contributed by atoms with Gasteiger partial charge in [0.1, 0.15) is 5.82 Å². The minimum absolute atomic E-state index is 0.255. The van der Waals surface area contributed by atoms with Crippen LogP contribution in [0.3, 0.4) is 0 Å². The molecule has 2 aromatic heterocycles. The highest BCUT2D eigenvalue weighted by Crippen LogP contribution is 2.57. The summed E-state index contributed by atoms with van der Waals surface area (Å²) in [5.74, 6) is 0.889. The quantitative estimate of drug-likeness (QED) is 0.175.